The standard InChI is InChI=1S/C6H15NO2/c1-7-4-6(9-3)5-8-2/h6-7H,4-5H2,1-3H3/t6-/m0/s1. The molecule has 3 heteroatoms. The second-order valence-corrected chi connectivity index (χ2v) is 1.87. The van der Waals surface area contributed by atoms with Gasteiger partial charge in [0, 0.05) is 20.8 Å². The maximum Gasteiger partial charge on any atom is 0.0928 e. The van der Waals surface area contributed by atoms with Gasteiger partial charge in [0.1, 0.15) is 0 Å². The zero-order valence-electron chi connectivity index (χ0n) is 6.31. The van der Waals surface area contributed by atoms with Gasteiger partial charge in [0.05, 0.1) is 12.7 Å². The summed E-state index contributed by atoms with van der Waals surface area (Å²) in [7, 11) is 5.24. The third kappa shape index (κ3) is 4.39. The smallest absolute Gasteiger partial charge is 0.0928 e. The lowest BCUT2D eigenvalue weighted by atomic mass is 10.4. The molecule has 0 saturated carbocycles. The Balaban J connectivity index is 3.18. The van der Waals surface area contributed by atoms with Crippen LogP contribution in [0.2, 0.25) is 0 Å². The summed E-state index contributed by atoms with van der Waals surface area (Å²) in [5, 5.41) is 3.00. The van der Waals surface area contributed by atoms with Gasteiger partial charge < -0.3 is 14.8 Å². The van der Waals surface area contributed by atoms with Crippen molar-refractivity contribution in [2.45, 2.75) is 6.10 Å². The zero-order chi connectivity index (χ0) is 7.11. The van der Waals surface area contributed by atoms with Crippen molar-refractivity contribution in [1.82, 2.24) is 5.32 Å². The monoisotopic (exact) mass is 133 g/mol. The molecular formula is C6H15NO2. The molecule has 0 aromatic heterocycles. The van der Waals surface area contributed by atoms with E-state index >= 15 is 0 Å². The molecule has 1 atom stereocenters. The molecule has 0 radical (unpaired) electrons. The van der Waals surface area contributed by atoms with Gasteiger partial charge in [-0.05, 0) is 7.05 Å². The lowest BCUT2D eigenvalue weighted by molar-refractivity contribution is 0.0300. The minimum absolute atomic E-state index is 0.181. The number of rotatable bonds is 5. The molecule has 56 valence electrons. The van der Waals surface area contributed by atoms with Crippen LogP contribution in [0.15, 0.2) is 0 Å². The first kappa shape index (κ1) is 8.88. The Morgan fingerprint density at radius 1 is 1.44 bits per heavy atom. The molecule has 0 aliphatic rings. The molecule has 0 heterocycles. The van der Waals surface area contributed by atoms with Crippen LogP contribution in [0.3, 0.4) is 0 Å². The van der Waals surface area contributed by atoms with Crippen molar-refractivity contribution in [3.8, 4) is 0 Å². The topological polar surface area (TPSA) is 30.5 Å². The molecule has 0 aliphatic carbocycles. The Morgan fingerprint density at radius 2 is 2.11 bits per heavy atom. The minimum atomic E-state index is 0.181. The lowest BCUT2D eigenvalue weighted by Gasteiger charge is -2.12. The highest BCUT2D eigenvalue weighted by Gasteiger charge is 2.02. The van der Waals surface area contributed by atoms with Crippen LogP contribution in [-0.2, 0) is 9.47 Å². The molecule has 0 aliphatic heterocycles. The van der Waals surface area contributed by atoms with Gasteiger partial charge in [-0.25, -0.2) is 0 Å². The summed E-state index contributed by atoms with van der Waals surface area (Å²) in [6.45, 7) is 1.49. The van der Waals surface area contributed by atoms with Crippen LogP contribution in [0, 0.1) is 0 Å². The predicted octanol–water partition coefficient (Wildman–Crippen LogP) is -0.133. The Labute approximate surface area is 56.3 Å². The van der Waals surface area contributed by atoms with Crippen LogP contribution in [0.4, 0.5) is 0 Å². The van der Waals surface area contributed by atoms with Crippen molar-refractivity contribution >= 4 is 0 Å². The van der Waals surface area contributed by atoms with E-state index in [1.54, 1.807) is 14.2 Å². The maximum absolute atomic E-state index is 5.04. The molecule has 0 unspecified atom stereocenters. The highest BCUT2D eigenvalue weighted by molar-refractivity contribution is 4.56. The van der Waals surface area contributed by atoms with E-state index in [0.29, 0.717) is 6.61 Å². The molecule has 0 fully saturated rings. The van der Waals surface area contributed by atoms with E-state index < -0.39 is 0 Å². The Morgan fingerprint density at radius 3 is 2.44 bits per heavy atom. The number of nitrogens with one attached hydrogen (secondary N) is 1. The average molecular weight is 133 g/mol. The van der Waals surface area contributed by atoms with Crippen molar-refractivity contribution in [3.05, 3.63) is 0 Å². The fourth-order valence-corrected chi connectivity index (χ4v) is 0.624. The zero-order valence-corrected chi connectivity index (χ0v) is 6.31. The third-order valence-electron chi connectivity index (χ3n) is 1.12. The van der Waals surface area contributed by atoms with Gasteiger partial charge in [-0.15, -0.1) is 0 Å². The minimum Gasteiger partial charge on any atom is -0.382 e. The molecule has 0 amide bonds. The number of hydrogen-bond acceptors (Lipinski definition) is 3. The molecule has 1 N–H and O–H groups in total. The normalized spacial score (nSPS) is 13.7. The van der Waals surface area contributed by atoms with Crippen molar-refractivity contribution in [1.29, 1.82) is 0 Å². The summed E-state index contributed by atoms with van der Waals surface area (Å²) in [5.41, 5.74) is 0. The molecule has 0 aromatic rings. The number of methoxy groups -OCH3 is 2. The molecule has 0 bridgehead atoms. The van der Waals surface area contributed by atoms with Gasteiger partial charge in [-0.2, -0.15) is 0 Å². The number of likely N-dealkylation sites (N-methyl/N-ethyl adjacent to an activating group) is 1. The summed E-state index contributed by atoms with van der Waals surface area (Å²) in [4.78, 5) is 0. The summed E-state index contributed by atoms with van der Waals surface area (Å²) >= 11 is 0. The Hall–Kier alpha value is -0.120. The highest BCUT2D eigenvalue weighted by atomic mass is 16.5. The van der Waals surface area contributed by atoms with E-state index in [2.05, 4.69) is 5.32 Å². The van der Waals surface area contributed by atoms with Crippen LogP contribution in [0.1, 0.15) is 0 Å². The maximum atomic E-state index is 5.04. The number of hydrogen-bond donors (Lipinski definition) is 1. The van der Waals surface area contributed by atoms with Crippen molar-refractivity contribution in [2.24, 2.45) is 0 Å². The second kappa shape index (κ2) is 6.01. The van der Waals surface area contributed by atoms with Gasteiger partial charge in [-0.3, -0.25) is 0 Å². The Kier molecular flexibility index (Phi) is 5.93. The van der Waals surface area contributed by atoms with Gasteiger partial charge in [-0.1, -0.05) is 0 Å². The van der Waals surface area contributed by atoms with Crippen molar-refractivity contribution < 1.29 is 9.47 Å². The largest absolute Gasteiger partial charge is 0.382 e. The molecule has 0 rings (SSSR count). The van der Waals surface area contributed by atoms with Crippen LogP contribution >= 0.6 is 0 Å². The van der Waals surface area contributed by atoms with E-state index in [4.69, 9.17) is 9.47 Å². The molecule has 0 aromatic carbocycles. The molecule has 0 spiro atoms. The lowest BCUT2D eigenvalue weighted by Crippen LogP contribution is -2.29. The fraction of sp³-hybridized carbons (Fsp3) is 1.00. The summed E-state index contributed by atoms with van der Waals surface area (Å²) in [6, 6.07) is 0. The SMILES string of the molecule is CNC[C@@H](COC)OC. The van der Waals surface area contributed by atoms with Crippen molar-refractivity contribution in [3.63, 3.8) is 0 Å². The van der Waals surface area contributed by atoms with E-state index in [9.17, 15) is 0 Å². The first-order chi connectivity index (χ1) is 4.35. The highest BCUT2D eigenvalue weighted by Crippen LogP contribution is 1.86. The molecule has 9 heavy (non-hydrogen) atoms. The van der Waals surface area contributed by atoms with E-state index in [0.717, 1.165) is 6.54 Å². The first-order valence-corrected chi connectivity index (χ1v) is 3.01. The second-order valence-electron chi connectivity index (χ2n) is 1.87. The van der Waals surface area contributed by atoms with Gasteiger partial charge >= 0.3 is 0 Å². The van der Waals surface area contributed by atoms with Gasteiger partial charge in [0.25, 0.3) is 0 Å². The average Bonchev–Trinajstić information content (AvgIpc) is 1.88. The molecular weight excluding hydrogens is 118 g/mol. The fourth-order valence-electron chi connectivity index (χ4n) is 0.624. The van der Waals surface area contributed by atoms with Gasteiger partial charge in [0.2, 0.25) is 0 Å². The Bertz CT molecular complexity index is 53.0. The van der Waals surface area contributed by atoms with E-state index in [-0.39, 0.29) is 6.10 Å². The van der Waals surface area contributed by atoms with E-state index in [1.807, 2.05) is 7.05 Å². The summed E-state index contributed by atoms with van der Waals surface area (Å²) in [5.74, 6) is 0. The van der Waals surface area contributed by atoms with Crippen LogP contribution in [0.25, 0.3) is 0 Å². The van der Waals surface area contributed by atoms with Crippen molar-refractivity contribution in [2.75, 3.05) is 34.4 Å². The molecule has 0 saturated heterocycles. The van der Waals surface area contributed by atoms with Crippen LogP contribution in [0.5, 0.6) is 0 Å². The summed E-state index contributed by atoms with van der Waals surface area (Å²) in [6.07, 6.45) is 0.181. The van der Waals surface area contributed by atoms with Crippen LogP contribution < -0.4 is 5.32 Å². The van der Waals surface area contributed by atoms with Gasteiger partial charge in [0.15, 0.2) is 0 Å². The quantitative estimate of drug-likeness (QED) is 0.566. The number of ether oxygens (including phenoxy) is 2. The predicted molar refractivity (Wildman–Crippen MR) is 36.6 cm³/mol. The summed E-state index contributed by atoms with van der Waals surface area (Å²) < 4.78 is 9.93. The molecule has 3 nitrogen and oxygen atoms in total. The third-order valence-corrected chi connectivity index (χ3v) is 1.12. The first-order valence-electron chi connectivity index (χ1n) is 3.01. The van der Waals surface area contributed by atoms with E-state index in [1.165, 1.54) is 0 Å². The van der Waals surface area contributed by atoms with Crippen LogP contribution in [-0.4, -0.2) is 40.5 Å².